The highest BCUT2D eigenvalue weighted by molar-refractivity contribution is 5.99. The minimum absolute atomic E-state index is 0.0315. The van der Waals surface area contributed by atoms with E-state index >= 15 is 0 Å². The van der Waals surface area contributed by atoms with Gasteiger partial charge in [0.2, 0.25) is 0 Å². The number of benzene rings is 2. The molecule has 1 atom stereocenters. The summed E-state index contributed by atoms with van der Waals surface area (Å²) < 4.78 is 20.6. The minimum Gasteiger partial charge on any atom is -0.452 e. The number of nitrogens with zero attached hydrogens (tertiary/aromatic N) is 4. The van der Waals surface area contributed by atoms with E-state index in [0.717, 1.165) is 23.7 Å². The van der Waals surface area contributed by atoms with Crippen LogP contribution in [-0.2, 0) is 16.0 Å². The maximum atomic E-state index is 14.1. The van der Waals surface area contributed by atoms with Gasteiger partial charge >= 0.3 is 5.97 Å². The zero-order valence-electron chi connectivity index (χ0n) is 15.1. The van der Waals surface area contributed by atoms with Crippen LogP contribution in [0.4, 0.5) is 10.1 Å². The quantitative estimate of drug-likeness (QED) is 0.650. The van der Waals surface area contributed by atoms with Crippen molar-refractivity contribution >= 4 is 17.6 Å². The molecule has 0 saturated carbocycles. The Labute approximate surface area is 160 Å². The summed E-state index contributed by atoms with van der Waals surface area (Å²) in [6.45, 7) is 1.46. The van der Waals surface area contributed by atoms with Crippen LogP contribution in [0.25, 0.3) is 5.69 Å². The number of fused-ring (bicyclic) bond motifs is 1. The Balaban J connectivity index is 1.48. The summed E-state index contributed by atoms with van der Waals surface area (Å²) in [6.07, 6.45) is 3.78. The van der Waals surface area contributed by atoms with Crippen molar-refractivity contribution in [1.29, 1.82) is 0 Å². The van der Waals surface area contributed by atoms with E-state index in [0.29, 0.717) is 5.69 Å². The summed E-state index contributed by atoms with van der Waals surface area (Å²) in [5.41, 5.74) is 2.08. The monoisotopic (exact) mass is 380 g/mol. The van der Waals surface area contributed by atoms with Crippen LogP contribution in [0.1, 0.15) is 22.8 Å². The molecule has 1 unspecified atom stereocenters. The normalized spacial score (nSPS) is 15.4. The van der Waals surface area contributed by atoms with Crippen LogP contribution in [0, 0.1) is 5.82 Å². The van der Waals surface area contributed by atoms with E-state index in [2.05, 4.69) is 10.3 Å². The first kappa shape index (κ1) is 17.8. The Morgan fingerprint density at radius 3 is 2.86 bits per heavy atom. The average Bonchev–Trinajstić information content (AvgIpc) is 3.33. The first-order valence-electron chi connectivity index (χ1n) is 8.78. The number of amides is 1. The van der Waals surface area contributed by atoms with Crippen LogP contribution in [0.3, 0.4) is 0 Å². The van der Waals surface area contributed by atoms with Gasteiger partial charge in [-0.25, -0.2) is 13.9 Å². The molecule has 4 rings (SSSR count). The summed E-state index contributed by atoms with van der Waals surface area (Å²) in [7, 11) is 0. The molecule has 2 aromatic carbocycles. The molecule has 0 saturated heterocycles. The van der Waals surface area contributed by atoms with Gasteiger partial charge in [-0.3, -0.25) is 4.79 Å². The fourth-order valence-corrected chi connectivity index (χ4v) is 3.38. The lowest BCUT2D eigenvalue weighted by molar-refractivity contribution is -0.122. The number of carbonyl (C=O) groups excluding carboxylic acids is 2. The number of hydrogen-bond donors (Lipinski definition) is 0. The van der Waals surface area contributed by atoms with Crippen LogP contribution >= 0.6 is 0 Å². The second-order valence-electron chi connectivity index (χ2n) is 6.53. The third-order valence-electron chi connectivity index (χ3n) is 4.66. The van der Waals surface area contributed by atoms with E-state index in [-0.39, 0.29) is 17.5 Å². The third-order valence-corrected chi connectivity index (χ3v) is 4.66. The second kappa shape index (κ2) is 7.22. The van der Waals surface area contributed by atoms with Gasteiger partial charge in [0.15, 0.2) is 6.61 Å². The summed E-state index contributed by atoms with van der Waals surface area (Å²) in [4.78, 5) is 26.6. The Morgan fingerprint density at radius 1 is 1.25 bits per heavy atom. The highest BCUT2D eigenvalue weighted by Crippen LogP contribution is 2.31. The number of anilines is 1. The summed E-state index contributed by atoms with van der Waals surface area (Å²) >= 11 is 0. The van der Waals surface area contributed by atoms with Crippen LogP contribution in [0.2, 0.25) is 0 Å². The van der Waals surface area contributed by atoms with Crippen molar-refractivity contribution in [2.45, 2.75) is 19.4 Å². The fourth-order valence-electron chi connectivity index (χ4n) is 3.38. The van der Waals surface area contributed by atoms with Crippen molar-refractivity contribution in [1.82, 2.24) is 15.0 Å². The van der Waals surface area contributed by atoms with E-state index in [1.807, 2.05) is 31.2 Å². The fraction of sp³-hybridized carbons (Fsp3) is 0.200. The highest BCUT2D eigenvalue weighted by atomic mass is 19.1. The minimum atomic E-state index is -0.909. The van der Waals surface area contributed by atoms with Crippen molar-refractivity contribution in [2.75, 3.05) is 11.5 Å². The van der Waals surface area contributed by atoms with Crippen molar-refractivity contribution in [3.05, 3.63) is 71.8 Å². The number of aromatic nitrogens is 3. The van der Waals surface area contributed by atoms with Gasteiger partial charge in [0.05, 0.1) is 23.6 Å². The number of hydrogen-bond acceptors (Lipinski definition) is 5. The van der Waals surface area contributed by atoms with Gasteiger partial charge in [0, 0.05) is 11.7 Å². The molecule has 7 nitrogen and oxygen atoms in total. The number of halogens is 1. The van der Waals surface area contributed by atoms with Crippen molar-refractivity contribution in [2.24, 2.45) is 0 Å². The molecule has 0 N–H and O–H groups in total. The van der Waals surface area contributed by atoms with Gasteiger partial charge in [-0.1, -0.05) is 23.4 Å². The van der Waals surface area contributed by atoms with Gasteiger partial charge in [-0.05, 0) is 43.2 Å². The lowest BCUT2D eigenvalue weighted by Crippen LogP contribution is -2.38. The predicted octanol–water partition coefficient (Wildman–Crippen LogP) is 2.54. The van der Waals surface area contributed by atoms with Crippen LogP contribution in [0.15, 0.2) is 54.9 Å². The summed E-state index contributed by atoms with van der Waals surface area (Å²) in [6, 6.07) is 11.5. The maximum Gasteiger partial charge on any atom is 0.341 e. The van der Waals surface area contributed by atoms with Gasteiger partial charge in [-0.2, -0.15) is 0 Å². The number of para-hydroxylation sites is 1. The number of rotatable bonds is 4. The van der Waals surface area contributed by atoms with Crippen molar-refractivity contribution < 1.29 is 18.7 Å². The molecule has 8 heteroatoms. The first-order valence-corrected chi connectivity index (χ1v) is 8.78. The smallest absolute Gasteiger partial charge is 0.341 e. The molecule has 0 fully saturated rings. The summed E-state index contributed by atoms with van der Waals surface area (Å²) in [5.74, 6) is -1.99. The molecule has 0 aliphatic carbocycles. The van der Waals surface area contributed by atoms with Crippen molar-refractivity contribution in [3.8, 4) is 5.69 Å². The van der Waals surface area contributed by atoms with Crippen LogP contribution in [-0.4, -0.2) is 39.5 Å². The maximum absolute atomic E-state index is 14.1. The zero-order chi connectivity index (χ0) is 19.7. The van der Waals surface area contributed by atoms with E-state index in [1.54, 1.807) is 11.1 Å². The Kier molecular flexibility index (Phi) is 4.60. The lowest BCUT2D eigenvalue weighted by Gasteiger charge is -2.22. The average molecular weight is 380 g/mol. The molecule has 2 heterocycles. The van der Waals surface area contributed by atoms with Crippen LogP contribution in [0.5, 0.6) is 0 Å². The Bertz CT molecular complexity index is 1040. The van der Waals surface area contributed by atoms with E-state index in [4.69, 9.17) is 4.74 Å². The number of esters is 1. The van der Waals surface area contributed by atoms with Gasteiger partial charge in [0.1, 0.15) is 5.82 Å². The third kappa shape index (κ3) is 3.24. The lowest BCUT2D eigenvalue weighted by atomic mass is 10.1. The zero-order valence-corrected chi connectivity index (χ0v) is 15.1. The first-order chi connectivity index (χ1) is 13.5. The molecule has 3 aromatic rings. The standard InChI is InChI=1S/C20H17FN4O3/c1-13-10-14-4-2-3-5-18(14)25(13)19(26)12-28-20(27)16-11-15(6-7-17(16)21)24-9-8-22-23-24/h2-9,11,13H,10,12H2,1H3. The predicted molar refractivity (Wildman–Crippen MR) is 98.7 cm³/mol. The molecule has 28 heavy (non-hydrogen) atoms. The SMILES string of the molecule is CC1Cc2ccccc2N1C(=O)COC(=O)c1cc(-n2ccnn2)ccc1F. The molecule has 0 bridgehead atoms. The van der Waals surface area contributed by atoms with Crippen LogP contribution < -0.4 is 4.90 Å². The molecule has 0 spiro atoms. The summed E-state index contributed by atoms with van der Waals surface area (Å²) in [5, 5.41) is 7.48. The van der Waals surface area contributed by atoms with E-state index in [1.165, 1.54) is 23.0 Å². The second-order valence-corrected chi connectivity index (χ2v) is 6.53. The van der Waals surface area contributed by atoms with Gasteiger partial charge in [-0.15, -0.1) is 5.10 Å². The van der Waals surface area contributed by atoms with Gasteiger partial charge < -0.3 is 9.64 Å². The number of carbonyl (C=O) groups is 2. The molecule has 1 aliphatic rings. The molecule has 142 valence electrons. The number of ether oxygens (including phenoxy) is 1. The van der Waals surface area contributed by atoms with Crippen molar-refractivity contribution in [3.63, 3.8) is 0 Å². The molecule has 1 aromatic heterocycles. The Hall–Kier alpha value is -3.55. The largest absolute Gasteiger partial charge is 0.452 e. The van der Waals surface area contributed by atoms with E-state index < -0.39 is 18.4 Å². The molecular weight excluding hydrogens is 363 g/mol. The molecular formula is C20H17FN4O3. The highest BCUT2D eigenvalue weighted by Gasteiger charge is 2.31. The van der Waals surface area contributed by atoms with Gasteiger partial charge in [0.25, 0.3) is 5.91 Å². The Morgan fingerprint density at radius 2 is 2.07 bits per heavy atom. The molecule has 1 amide bonds. The molecule has 0 radical (unpaired) electrons. The molecule has 1 aliphatic heterocycles. The topological polar surface area (TPSA) is 77.3 Å². The van der Waals surface area contributed by atoms with E-state index in [9.17, 15) is 14.0 Å².